The standard InChI is InChI=1S/C18H18O5/c1-21-17-8-11(5-6-14(17)19)13-4-3-12-7-15(20)18(22-2)9-16(12)23-10-13/h3-9,13,19-20H,10H2,1-2H3. The second-order valence-electron chi connectivity index (χ2n) is 5.27. The first-order chi connectivity index (χ1) is 11.1. The maximum atomic E-state index is 9.88. The molecule has 5 heteroatoms. The average molecular weight is 314 g/mol. The second-order valence-corrected chi connectivity index (χ2v) is 5.27. The van der Waals surface area contributed by atoms with Crippen LogP contribution in [0, 0.1) is 0 Å². The highest BCUT2D eigenvalue weighted by molar-refractivity contribution is 5.64. The zero-order valence-corrected chi connectivity index (χ0v) is 12.9. The number of methoxy groups -OCH3 is 2. The molecule has 0 aromatic heterocycles. The third-order valence-corrected chi connectivity index (χ3v) is 3.87. The second kappa shape index (κ2) is 6.12. The fraction of sp³-hybridized carbons (Fsp3) is 0.222. The van der Waals surface area contributed by atoms with Crippen LogP contribution in [0.1, 0.15) is 17.0 Å². The Kier molecular flexibility index (Phi) is 4.02. The minimum atomic E-state index is 0.00466. The van der Waals surface area contributed by atoms with Crippen LogP contribution in [-0.2, 0) is 0 Å². The lowest BCUT2D eigenvalue weighted by Crippen LogP contribution is -2.07. The highest BCUT2D eigenvalue weighted by atomic mass is 16.5. The molecular formula is C18H18O5. The molecule has 0 aliphatic carbocycles. The molecule has 120 valence electrons. The minimum absolute atomic E-state index is 0.00466. The number of fused-ring (bicyclic) bond motifs is 1. The molecule has 3 rings (SSSR count). The molecule has 23 heavy (non-hydrogen) atoms. The van der Waals surface area contributed by atoms with Gasteiger partial charge in [-0.2, -0.15) is 0 Å². The lowest BCUT2D eigenvalue weighted by Gasteiger charge is -2.15. The molecule has 1 aliphatic heterocycles. The molecule has 1 atom stereocenters. The summed E-state index contributed by atoms with van der Waals surface area (Å²) in [5.41, 5.74) is 1.76. The van der Waals surface area contributed by atoms with Crippen LogP contribution in [0.3, 0.4) is 0 Å². The van der Waals surface area contributed by atoms with Gasteiger partial charge in [0.1, 0.15) is 5.75 Å². The van der Waals surface area contributed by atoms with E-state index in [1.807, 2.05) is 18.2 Å². The van der Waals surface area contributed by atoms with Gasteiger partial charge in [0.15, 0.2) is 23.0 Å². The van der Waals surface area contributed by atoms with Crippen molar-refractivity contribution in [3.63, 3.8) is 0 Å². The maximum Gasteiger partial charge on any atom is 0.164 e. The zero-order valence-electron chi connectivity index (χ0n) is 12.9. The normalized spacial score (nSPS) is 16.2. The molecule has 2 aromatic rings. The van der Waals surface area contributed by atoms with Crippen LogP contribution in [0.15, 0.2) is 36.4 Å². The summed E-state index contributed by atoms with van der Waals surface area (Å²) < 4.78 is 16.1. The molecule has 2 N–H and O–H groups in total. The van der Waals surface area contributed by atoms with Crippen LogP contribution < -0.4 is 14.2 Å². The molecule has 1 unspecified atom stereocenters. The predicted octanol–water partition coefficient (Wildman–Crippen LogP) is 3.30. The summed E-state index contributed by atoms with van der Waals surface area (Å²) >= 11 is 0. The van der Waals surface area contributed by atoms with E-state index in [1.54, 1.807) is 24.3 Å². The van der Waals surface area contributed by atoms with E-state index in [2.05, 4.69) is 0 Å². The Hall–Kier alpha value is -2.82. The van der Waals surface area contributed by atoms with Crippen LogP contribution in [-0.4, -0.2) is 31.0 Å². The number of rotatable bonds is 3. The molecule has 0 amide bonds. The Morgan fingerprint density at radius 3 is 2.48 bits per heavy atom. The van der Waals surface area contributed by atoms with Crippen LogP contribution in [0.25, 0.3) is 6.08 Å². The lowest BCUT2D eigenvalue weighted by molar-refractivity contribution is 0.303. The van der Waals surface area contributed by atoms with Crippen molar-refractivity contribution in [3.8, 4) is 28.7 Å². The minimum Gasteiger partial charge on any atom is -0.504 e. The van der Waals surface area contributed by atoms with Gasteiger partial charge in [-0.25, -0.2) is 0 Å². The first-order valence-electron chi connectivity index (χ1n) is 7.21. The highest BCUT2D eigenvalue weighted by Crippen LogP contribution is 2.38. The van der Waals surface area contributed by atoms with Crippen molar-refractivity contribution in [1.29, 1.82) is 0 Å². The number of hydrogen-bond donors (Lipinski definition) is 2. The monoisotopic (exact) mass is 314 g/mol. The summed E-state index contributed by atoms with van der Waals surface area (Å²) in [6.45, 7) is 0.436. The van der Waals surface area contributed by atoms with Gasteiger partial charge in [0, 0.05) is 17.5 Å². The Morgan fingerprint density at radius 2 is 1.74 bits per heavy atom. The van der Waals surface area contributed by atoms with Gasteiger partial charge in [0.05, 0.1) is 20.8 Å². The molecule has 0 radical (unpaired) electrons. The quantitative estimate of drug-likeness (QED) is 0.910. The van der Waals surface area contributed by atoms with Gasteiger partial charge in [-0.1, -0.05) is 18.2 Å². The number of phenols is 2. The van der Waals surface area contributed by atoms with E-state index in [0.29, 0.717) is 23.9 Å². The van der Waals surface area contributed by atoms with Gasteiger partial charge in [-0.15, -0.1) is 0 Å². The molecule has 1 heterocycles. The third kappa shape index (κ3) is 2.90. The maximum absolute atomic E-state index is 9.88. The Bertz CT molecular complexity index is 751. The zero-order chi connectivity index (χ0) is 16.4. The number of aromatic hydroxyl groups is 2. The molecule has 0 saturated carbocycles. The van der Waals surface area contributed by atoms with Crippen molar-refractivity contribution in [2.75, 3.05) is 20.8 Å². The van der Waals surface area contributed by atoms with E-state index in [4.69, 9.17) is 14.2 Å². The fourth-order valence-corrected chi connectivity index (χ4v) is 2.57. The van der Waals surface area contributed by atoms with Crippen molar-refractivity contribution in [2.45, 2.75) is 5.92 Å². The Morgan fingerprint density at radius 1 is 1.00 bits per heavy atom. The number of ether oxygens (including phenoxy) is 3. The van der Waals surface area contributed by atoms with Gasteiger partial charge in [0.25, 0.3) is 0 Å². The van der Waals surface area contributed by atoms with Crippen molar-refractivity contribution in [2.24, 2.45) is 0 Å². The molecular weight excluding hydrogens is 296 g/mol. The summed E-state index contributed by atoms with van der Waals surface area (Å²) in [5.74, 6) is 1.64. The molecule has 0 bridgehead atoms. The summed E-state index contributed by atoms with van der Waals surface area (Å²) in [4.78, 5) is 0. The number of hydrogen-bond acceptors (Lipinski definition) is 5. The van der Waals surface area contributed by atoms with Gasteiger partial charge in [0.2, 0.25) is 0 Å². The lowest BCUT2D eigenvalue weighted by atomic mass is 9.98. The van der Waals surface area contributed by atoms with E-state index in [1.165, 1.54) is 14.2 Å². The predicted molar refractivity (Wildman–Crippen MR) is 86.6 cm³/mol. The van der Waals surface area contributed by atoms with Crippen LogP contribution in [0.5, 0.6) is 28.7 Å². The van der Waals surface area contributed by atoms with Crippen LogP contribution in [0.2, 0.25) is 0 Å². The van der Waals surface area contributed by atoms with Crippen molar-refractivity contribution >= 4 is 6.08 Å². The van der Waals surface area contributed by atoms with Gasteiger partial charge < -0.3 is 24.4 Å². The largest absolute Gasteiger partial charge is 0.504 e. The van der Waals surface area contributed by atoms with E-state index in [9.17, 15) is 10.2 Å². The fourth-order valence-electron chi connectivity index (χ4n) is 2.57. The van der Waals surface area contributed by atoms with Crippen LogP contribution in [0.4, 0.5) is 0 Å². The number of benzene rings is 2. The molecule has 0 saturated heterocycles. The molecule has 1 aliphatic rings. The number of phenolic OH excluding ortho intramolecular Hbond substituents is 2. The Labute approximate surface area is 134 Å². The van der Waals surface area contributed by atoms with Crippen LogP contribution >= 0.6 is 0 Å². The smallest absolute Gasteiger partial charge is 0.164 e. The van der Waals surface area contributed by atoms with Gasteiger partial charge in [-0.05, 0) is 23.8 Å². The first kappa shape index (κ1) is 15.1. The highest BCUT2D eigenvalue weighted by Gasteiger charge is 2.18. The SMILES string of the molecule is COc1cc(C2C=Cc3cc(O)c(OC)cc3OC2)ccc1O. The van der Waals surface area contributed by atoms with Crippen molar-refractivity contribution in [1.82, 2.24) is 0 Å². The summed E-state index contributed by atoms with van der Waals surface area (Å²) in [5, 5.41) is 19.6. The van der Waals surface area contributed by atoms with E-state index in [0.717, 1.165) is 11.1 Å². The van der Waals surface area contributed by atoms with E-state index >= 15 is 0 Å². The average Bonchev–Trinajstić information content (AvgIpc) is 2.76. The Balaban J connectivity index is 1.91. The molecule has 0 fully saturated rings. The molecule has 0 spiro atoms. The van der Waals surface area contributed by atoms with E-state index in [-0.39, 0.29) is 17.4 Å². The van der Waals surface area contributed by atoms with Gasteiger partial charge in [-0.3, -0.25) is 0 Å². The van der Waals surface area contributed by atoms with Crippen molar-refractivity contribution < 1.29 is 24.4 Å². The summed E-state index contributed by atoms with van der Waals surface area (Å²) in [7, 11) is 3.02. The van der Waals surface area contributed by atoms with Gasteiger partial charge >= 0.3 is 0 Å². The topological polar surface area (TPSA) is 68.2 Å². The van der Waals surface area contributed by atoms with E-state index < -0.39 is 0 Å². The molecule has 2 aromatic carbocycles. The first-order valence-corrected chi connectivity index (χ1v) is 7.21. The third-order valence-electron chi connectivity index (χ3n) is 3.87. The summed E-state index contributed by atoms with van der Waals surface area (Å²) in [6, 6.07) is 8.53. The van der Waals surface area contributed by atoms with Crippen molar-refractivity contribution in [3.05, 3.63) is 47.5 Å². The molecule has 5 nitrogen and oxygen atoms in total. The summed E-state index contributed by atoms with van der Waals surface area (Å²) in [6.07, 6.45) is 3.91.